The highest BCUT2D eigenvalue weighted by molar-refractivity contribution is 6.33. The molecule has 0 bridgehead atoms. The lowest BCUT2D eigenvalue weighted by Crippen LogP contribution is -2.48. The van der Waals surface area contributed by atoms with Gasteiger partial charge >= 0.3 is 0 Å². The van der Waals surface area contributed by atoms with E-state index < -0.39 is 17.9 Å². The summed E-state index contributed by atoms with van der Waals surface area (Å²) in [4.78, 5) is 36.1. The molecule has 3 N–H and O–H groups in total. The summed E-state index contributed by atoms with van der Waals surface area (Å²) in [5, 5.41) is 3.05. The lowest BCUT2D eigenvalue weighted by atomic mass is 10.2. The molecular formula is C21H24ClN3O4. The number of nitrogens with one attached hydrogen (secondary N) is 3. The number of carbonyl (C=O) groups is 3. The van der Waals surface area contributed by atoms with Crippen LogP contribution in [-0.4, -0.2) is 23.8 Å². The summed E-state index contributed by atoms with van der Waals surface area (Å²) in [6.07, 6.45) is -0.466. The molecule has 0 spiro atoms. The first-order chi connectivity index (χ1) is 13.9. The van der Waals surface area contributed by atoms with E-state index in [1.807, 2.05) is 25.1 Å². The summed E-state index contributed by atoms with van der Waals surface area (Å²) in [5.74, 6) is -0.732. The van der Waals surface area contributed by atoms with Gasteiger partial charge in [0.2, 0.25) is 11.8 Å². The molecular weight excluding hydrogens is 394 g/mol. The van der Waals surface area contributed by atoms with Gasteiger partial charge in [-0.15, -0.1) is 0 Å². The van der Waals surface area contributed by atoms with Gasteiger partial charge in [-0.05, 0) is 43.2 Å². The first-order valence-corrected chi connectivity index (χ1v) is 9.63. The van der Waals surface area contributed by atoms with Crippen molar-refractivity contribution >= 4 is 35.0 Å². The standard InChI is InChI=1S/C21H24ClN3O4/c1-3-18(29-15-8-6-7-14(2)13-15)21(28)25-24-20(27)12-11-19(26)23-17-10-5-4-9-16(17)22/h4-10,13,18H,3,11-12H2,1-2H3,(H,23,26)(H,24,27)(H,25,28). The third-order valence-corrected chi connectivity index (χ3v) is 4.31. The van der Waals surface area contributed by atoms with E-state index in [-0.39, 0.29) is 18.7 Å². The largest absolute Gasteiger partial charge is 0.481 e. The minimum absolute atomic E-state index is 0.0517. The second-order valence-electron chi connectivity index (χ2n) is 6.40. The van der Waals surface area contributed by atoms with E-state index in [1.54, 1.807) is 37.3 Å². The summed E-state index contributed by atoms with van der Waals surface area (Å²) >= 11 is 5.97. The van der Waals surface area contributed by atoms with Crippen LogP contribution in [0.5, 0.6) is 5.75 Å². The molecule has 2 rings (SSSR count). The molecule has 7 nitrogen and oxygen atoms in total. The Kier molecular flexibility index (Phi) is 8.48. The minimum atomic E-state index is -0.749. The molecule has 154 valence electrons. The van der Waals surface area contributed by atoms with E-state index in [9.17, 15) is 14.4 Å². The smallest absolute Gasteiger partial charge is 0.279 e. The molecule has 0 aliphatic rings. The summed E-state index contributed by atoms with van der Waals surface area (Å²) in [6.45, 7) is 3.73. The second-order valence-corrected chi connectivity index (χ2v) is 6.80. The van der Waals surface area contributed by atoms with E-state index in [0.29, 0.717) is 22.9 Å². The SMILES string of the molecule is CCC(Oc1cccc(C)c1)C(=O)NNC(=O)CCC(=O)Nc1ccccc1Cl. The lowest BCUT2D eigenvalue weighted by Gasteiger charge is -2.17. The Morgan fingerprint density at radius 3 is 2.41 bits per heavy atom. The molecule has 0 fully saturated rings. The van der Waals surface area contributed by atoms with Gasteiger partial charge in [0.25, 0.3) is 5.91 Å². The van der Waals surface area contributed by atoms with Gasteiger partial charge in [0.15, 0.2) is 6.10 Å². The van der Waals surface area contributed by atoms with Gasteiger partial charge in [0.05, 0.1) is 10.7 Å². The maximum Gasteiger partial charge on any atom is 0.279 e. The third kappa shape index (κ3) is 7.46. The fourth-order valence-electron chi connectivity index (χ4n) is 2.45. The average molecular weight is 418 g/mol. The molecule has 0 aliphatic heterocycles. The van der Waals surface area contributed by atoms with Crippen molar-refractivity contribution in [3.63, 3.8) is 0 Å². The Morgan fingerprint density at radius 1 is 1.00 bits per heavy atom. The quantitative estimate of drug-likeness (QED) is 0.573. The number of hydrogen-bond acceptors (Lipinski definition) is 4. The first kappa shape index (κ1) is 22.2. The van der Waals surface area contributed by atoms with E-state index in [2.05, 4.69) is 16.2 Å². The van der Waals surface area contributed by atoms with Crippen LogP contribution >= 0.6 is 11.6 Å². The first-order valence-electron chi connectivity index (χ1n) is 9.25. The third-order valence-electron chi connectivity index (χ3n) is 3.98. The Morgan fingerprint density at radius 2 is 1.72 bits per heavy atom. The van der Waals surface area contributed by atoms with Crippen LogP contribution < -0.4 is 20.9 Å². The van der Waals surface area contributed by atoms with Gasteiger partial charge in [-0.1, -0.05) is 42.8 Å². The number of hydrogen-bond donors (Lipinski definition) is 3. The number of benzene rings is 2. The highest BCUT2D eigenvalue weighted by atomic mass is 35.5. The van der Waals surface area contributed by atoms with E-state index >= 15 is 0 Å². The Balaban J connectivity index is 1.75. The highest BCUT2D eigenvalue weighted by Crippen LogP contribution is 2.20. The fraction of sp³-hybridized carbons (Fsp3) is 0.286. The zero-order valence-electron chi connectivity index (χ0n) is 16.3. The molecule has 0 saturated heterocycles. The molecule has 1 unspecified atom stereocenters. The Hall–Kier alpha value is -3.06. The lowest BCUT2D eigenvalue weighted by molar-refractivity contribution is -0.133. The molecule has 2 aromatic carbocycles. The molecule has 1 atom stereocenters. The van der Waals surface area contributed by atoms with Crippen LogP contribution in [0.4, 0.5) is 5.69 Å². The average Bonchev–Trinajstić information content (AvgIpc) is 2.70. The van der Waals surface area contributed by atoms with Crippen LogP contribution in [0.2, 0.25) is 5.02 Å². The van der Waals surface area contributed by atoms with Crippen molar-refractivity contribution in [3.8, 4) is 5.75 Å². The predicted octanol–water partition coefficient (Wildman–Crippen LogP) is 3.37. The number of aryl methyl sites for hydroxylation is 1. The van der Waals surface area contributed by atoms with Crippen molar-refractivity contribution in [2.24, 2.45) is 0 Å². The van der Waals surface area contributed by atoms with Crippen LogP contribution in [0.3, 0.4) is 0 Å². The van der Waals surface area contributed by atoms with Gasteiger partial charge in [-0.2, -0.15) is 0 Å². The molecule has 8 heteroatoms. The van der Waals surface area contributed by atoms with E-state index in [0.717, 1.165) is 5.56 Å². The van der Waals surface area contributed by atoms with Gasteiger partial charge in [-0.25, -0.2) is 0 Å². The Labute approximate surface area is 174 Å². The highest BCUT2D eigenvalue weighted by Gasteiger charge is 2.19. The normalized spacial score (nSPS) is 11.3. The molecule has 29 heavy (non-hydrogen) atoms. The zero-order valence-corrected chi connectivity index (χ0v) is 17.1. The van der Waals surface area contributed by atoms with Crippen molar-refractivity contribution in [3.05, 3.63) is 59.1 Å². The number of halogens is 1. The van der Waals surface area contributed by atoms with Crippen molar-refractivity contribution in [1.82, 2.24) is 10.9 Å². The second kappa shape index (κ2) is 11.1. The van der Waals surface area contributed by atoms with Crippen LogP contribution in [-0.2, 0) is 14.4 Å². The monoisotopic (exact) mass is 417 g/mol. The molecule has 0 aromatic heterocycles. The van der Waals surface area contributed by atoms with Gasteiger partial charge in [-0.3, -0.25) is 25.2 Å². The molecule has 0 saturated carbocycles. The van der Waals surface area contributed by atoms with Gasteiger partial charge in [0.1, 0.15) is 5.75 Å². The fourth-order valence-corrected chi connectivity index (χ4v) is 2.63. The molecule has 0 aliphatic carbocycles. The molecule has 2 aromatic rings. The number of anilines is 1. The van der Waals surface area contributed by atoms with Gasteiger partial charge in [0, 0.05) is 12.8 Å². The number of carbonyl (C=O) groups excluding carboxylic acids is 3. The van der Waals surface area contributed by atoms with E-state index in [1.165, 1.54) is 0 Å². The number of ether oxygens (including phenoxy) is 1. The maximum atomic E-state index is 12.2. The van der Waals surface area contributed by atoms with Gasteiger partial charge < -0.3 is 10.1 Å². The molecule has 0 radical (unpaired) electrons. The number of amides is 3. The van der Waals surface area contributed by atoms with Crippen molar-refractivity contribution in [1.29, 1.82) is 0 Å². The number of rotatable bonds is 8. The Bertz CT molecular complexity index is 873. The van der Waals surface area contributed by atoms with Crippen molar-refractivity contribution in [2.45, 2.75) is 39.2 Å². The van der Waals surface area contributed by atoms with Crippen molar-refractivity contribution in [2.75, 3.05) is 5.32 Å². The number of hydrazine groups is 1. The summed E-state index contributed by atoms with van der Waals surface area (Å²) in [5.41, 5.74) is 6.13. The zero-order chi connectivity index (χ0) is 21.2. The van der Waals surface area contributed by atoms with Crippen LogP contribution in [0.15, 0.2) is 48.5 Å². The molecule has 3 amide bonds. The predicted molar refractivity (Wildman–Crippen MR) is 111 cm³/mol. The van der Waals surface area contributed by atoms with Crippen molar-refractivity contribution < 1.29 is 19.1 Å². The van der Waals surface area contributed by atoms with Crippen LogP contribution in [0, 0.1) is 6.92 Å². The summed E-state index contributed by atoms with van der Waals surface area (Å²) in [6, 6.07) is 14.2. The van der Waals surface area contributed by atoms with Crippen LogP contribution in [0.1, 0.15) is 31.7 Å². The van der Waals surface area contributed by atoms with Crippen LogP contribution in [0.25, 0.3) is 0 Å². The topological polar surface area (TPSA) is 96.5 Å². The number of para-hydroxylation sites is 1. The summed E-state index contributed by atoms with van der Waals surface area (Å²) < 4.78 is 5.67. The molecule has 0 heterocycles. The van der Waals surface area contributed by atoms with E-state index in [4.69, 9.17) is 16.3 Å². The summed E-state index contributed by atoms with van der Waals surface area (Å²) in [7, 11) is 0. The maximum absolute atomic E-state index is 12.2. The minimum Gasteiger partial charge on any atom is -0.481 e.